The highest BCUT2D eigenvalue weighted by Crippen LogP contribution is 2.11. The molecule has 702 valence electrons. The largest absolute Gasteiger partial charge is 0.472 e. The second kappa shape index (κ2) is 62.5. The summed E-state index contributed by atoms with van der Waals surface area (Å²) in [5.74, 6) is 2.30. The molecule has 53 heteroatoms. The summed E-state index contributed by atoms with van der Waals surface area (Å²) in [5.41, 5.74) is 105. The fourth-order valence-corrected chi connectivity index (χ4v) is 8.39. The summed E-state index contributed by atoms with van der Waals surface area (Å²) in [5, 5.41) is 35.1. The van der Waals surface area contributed by atoms with Crippen molar-refractivity contribution in [2.75, 3.05) is 91.1 Å². The molecule has 0 radical (unpaired) electrons. The van der Waals surface area contributed by atoms with Crippen LogP contribution in [0.5, 0.6) is 0 Å². The maximum absolute atomic E-state index is 7.73. The van der Waals surface area contributed by atoms with E-state index in [4.69, 9.17) is 160 Å². The maximum atomic E-state index is 7.73. The van der Waals surface area contributed by atoms with Crippen LogP contribution in [-0.4, -0.2) is 233 Å². The standard InChI is InChI=1S/C10H17N5.3C9H15N5O.4C8H13N5O.C7H11N5O/c1-15(2)10(12)14-9(11)13-7-8-5-3-4-6-8;1-12-8(10)13-9(11)14(2)5-7-3-4-15-6-7;1-13(5-7-3-4-15-6-7)9(12)14(2)8(10)11;1-12-9(13-8(10)11)14(2)5-7-3-4-15-6-7;1-11-7(9)13-8(10)12-4-6-2-3-14-5-6;1-13(8(11)12-7(9)10)4-6-2-3-14-5-6;1-13(7(9)10)8(11)12-4-6-2-3-14-5-6;1-11-8(13-7(9)10)12-4-6-2-3-14-5-6;8-6(9)12-7(10)11-3-5-1-2-13-4-5/h3,5-6H,4,7H2,1-2H3,(H4,11,12,13,14);3-4,6H,5H2,1-2H3,(H4,10,11,12,13);3-4,6,12H,5H2,1-2H3,(H3,10,11);3-4,6H,5H2,1-2H3,(H4,10,11,12,13);2-3,5H,4H2,1H3,(H5,9,10,11,12,13);2-3,5H,4H2,1H3,(H5,9,10,11,12);2-3,5H,4H2,1H3,(H3,9,10)(H2,11,12);2-3,5H,4H2,1H3,(H5,9,10,11,12,13);1-2,4H,3H2,(H6,8,9,10,11,12). The van der Waals surface area contributed by atoms with Gasteiger partial charge in [-0.3, -0.25) is 56.7 Å². The average molecular weight is 1800 g/mol. The van der Waals surface area contributed by atoms with Crippen LogP contribution in [0.25, 0.3) is 0 Å². The number of rotatable bonds is 18. The first-order valence-corrected chi connectivity index (χ1v) is 37.6. The van der Waals surface area contributed by atoms with Crippen LogP contribution >= 0.6 is 0 Å². The maximum Gasteiger partial charge on any atom is 0.223 e. The normalized spacial score (nSPS) is 11.9. The number of nitrogens with two attached hydrogens (primary N) is 18. The Morgan fingerprint density at radius 1 is 0.357 bits per heavy atom. The van der Waals surface area contributed by atoms with E-state index >= 15 is 0 Å². The van der Waals surface area contributed by atoms with Crippen molar-refractivity contribution in [3.8, 4) is 0 Å². The zero-order valence-corrected chi connectivity index (χ0v) is 74.2. The average Bonchev–Trinajstić information content (AvgIpc) is 1.88. The molecule has 0 fully saturated rings. The van der Waals surface area contributed by atoms with E-state index in [0.717, 1.165) is 56.5 Å². The van der Waals surface area contributed by atoms with Crippen molar-refractivity contribution < 1.29 is 35.3 Å². The number of hydrogen-bond acceptors (Lipinski definition) is 20. The second-order valence-electron chi connectivity index (χ2n) is 25.9. The topological polar surface area (TPSA) is 889 Å². The van der Waals surface area contributed by atoms with Crippen molar-refractivity contribution in [1.82, 2.24) is 44.9 Å². The van der Waals surface area contributed by atoms with Gasteiger partial charge in [-0.15, -0.1) is 0 Å². The summed E-state index contributed by atoms with van der Waals surface area (Å²) < 4.78 is 39.2. The molecule has 0 aromatic carbocycles. The summed E-state index contributed by atoms with van der Waals surface area (Å²) in [6.45, 7) is 4.74. The van der Waals surface area contributed by atoms with Gasteiger partial charge in [0, 0.05) is 162 Å². The lowest BCUT2D eigenvalue weighted by molar-refractivity contribution is 0.437. The number of guanidine groups is 18. The van der Waals surface area contributed by atoms with Crippen molar-refractivity contribution in [3.05, 3.63) is 217 Å². The fraction of sp³-hybridized carbons (Fsp3) is 0.289. The van der Waals surface area contributed by atoms with Crippen LogP contribution in [0, 0.1) is 21.6 Å². The molecule has 0 amide bonds. The highest BCUT2D eigenvalue weighted by Gasteiger charge is 2.14. The smallest absolute Gasteiger partial charge is 0.223 e. The molecule has 0 saturated carbocycles. The number of aliphatic imine (C=N–C) groups is 14. The van der Waals surface area contributed by atoms with Crippen LogP contribution in [0.3, 0.4) is 0 Å². The van der Waals surface area contributed by atoms with Gasteiger partial charge in [0.25, 0.3) is 0 Å². The Hall–Kier alpha value is -17.6. The van der Waals surface area contributed by atoms with Gasteiger partial charge >= 0.3 is 0 Å². The Bertz CT molecular complexity index is 4980. The van der Waals surface area contributed by atoms with Gasteiger partial charge in [0.2, 0.25) is 35.8 Å². The van der Waals surface area contributed by atoms with E-state index in [2.05, 4.69) is 92.7 Å². The highest BCUT2D eigenvalue weighted by atomic mass is 16.3. The van der Waals surface area contributed by atoms with Gasteiger partial charge in [0.05, 0.1) is 126 Å². The molecule has 53 nitrogen and oxygen atoms in total. The summed E-state index contributed by atoms with van der Waals surface area (Å²) in [6, 6.07) is 14.6. The van der Waals surface area contributed by atoms with Crippen LogP contribution < -0.4 is 114 Å². The molecular formula is C76H125N45O8. The highest BCUT2D eigenvalue weighted by molar-refractivity contribution is 5.99. The van der Waals surface area contributed by atoms with Crippen LogP contribution in [0.1, 0.15) is 50.9 Å². The first-order chi connectivity index (χ1) is 61.2. The number of hydrogen-bond donors (Lipinski definition) is 24. The summed E-state index contributed by atoms with van der Waals surface area (Å²) in [4.78, 5) is 65.0. The Balaban J connectivity index is 0.000000726. The molecule has 0 atom stereocenters. The lowest BCUT2D eigenvalue weighted by Gasteiger charge is -2.26. The van der Waals surface area contributed by atoms with Gasteiger partial charge < -0.3 is 168 Å². The molecule has 1 aliphatic carbocycles. The van der Waals surface area contributed by atoms with E-state index in [9.17, 15) is 0 Å². The van der Waals surface area contributed by atoms with E-state index < -0.39 is 0 Å². The third-order valence-corrected chi connectivity index (χ3v) is 15.2. The van der Waals surface area contributed by atoms with Crippen LogP contribution in [0.15, 0.2) is 278 Å². The van der Waals surface area contributed by atoms with E-state index in [-0.39, 0.29) is 83.4 Å². The molecule has 9 rings (SSSR count). The third-order valence-electron chi connectivity index (χ3n) is 15.2. The predicted molar refractivity (Wildman–Crippen MR) is 507 cm³/mol. The van der Waals surface area contributed by atoms with E-state index in [0.29, 0.717) is 82.7 Å². The van der Waals surface area contributed by atoms with Gasteiger partial charge in [0.1, 0.15) is 0 Å². The quantitative estimate of drug-likeness (QED) is 0.0360. The Kier molecular flexibility index (Phi) is 53.0. The number of nitrogens with zero attached hydrogens (tertiary/aromatic N) is 21. The predicted octanol–water partition coefficient (Wildman–Crippen LogP) is -1.06. The zero-order valence-electron chi connectivity index (χ0n) is 74.2. The molecule has 0 saturated heterocycles. The fourth-order valence-electron chi connectivity index (χ4n) is 8.39. The summed E-state index contributed by atoms with van der Waals surface area (Å²) >= 11 is 0. The van der Waals surface area contributed by atoms with Crippen molar-refractivity contribution in [1.29, 1.82) is 21.6 Å². The molecule has 0 bridgehead atoms. The van der Waals surface area contributed by atoms with Gasteiger partial charge in [-0.1, -0.05) is 18.2 Å². The van der Waals surface area contributed by atoms with E-state index in [1.165, 1.54) is 9.80 Å². The van der Waals surface area contributed by atoms with Crippen LogP contribution in [0.2, 0.25) is 0 Å². The Morgan fingerprint density at radius 3 is 1.12 bits per heavy atom. The molecule has 0 spiro atoms. The third kappa shape index (κ3) is 51.7. The molecule has 129 heavy (non-hydrogen) atoms. The second-order valence-corrected chi connectivity index (χ2v) is 25.9. The van der Waals surface area contributed by atoms with E-state index in [1.807, 2.05) is 61.5 Å². The minimum atomic E-state index is -0.154. The minimum Gasteiger partial charge on any atom is -0.472 e. The molecule has 8 heterocycles. The van der Waals surface area contributed by atoms with Gasteiger partial charge in [-0.05, 0) is 60.5 Å². The number of allylic oxidation sites excluding steroid dienone is 2. The number of nitrogens with one attached hydrogen (secondary N) is 6. The van der Waals surface area contributed by atoms with Crippen LogP contribution in [0.4, 0.5) is 0 Å². The Morgan fingerprint density at radius 2 is 0.744 bits per heavy atom. The first kappa shape index (κ1) is 109. The molecule has 8 aromatic rings. The SMILES string of the molecule is CN(C(=N)N)C(N)=NCc1ccoc1.CN(C)C(N)=NC(N)=NCC1=CCC=C1.CN(Cc1ccoc1)C(=N)N(C)C(=N)N.CN(Cc1ccoc1)C(=N)N=C(N)N.CN=C(N)N=C(N)N(C)Cc1ccoc1.CN=C(N)NC(N)=NCc1ccoc1.CN=C(N=C(N)N)N(C)Cc1ccoc1.CN=C(N=C(N)N)NCc1ccoc1.NC(N)=NC(N)=NCc1ccoc1. The van der Waals surface area contributed by atoms with Gasteiger partial charge in [0.15, 0.2) is 71.5 Å². The summed E-state index contributed by atoms with van der Waals surface area (Å²) in [6.07, 6.45) is 32.9. The summed E-state index contributed by atoms with van der Waals surface area (Å²) in [7, 11) is 20.3. The Labute approximate surface area is 746 Å². The first-order valence-electron chi connectivity index (χ1n) is 37.6. The molecule has 8 aromatic heterocycles. The molecule has 42 N–H and O–H groups in total. The number of furan rings is 8. The van der Waals surface area contributed by atoms with Crippen molar-refractivity contribution in [2.24, 2.45) is 173 Å². The van der Waals surface area contributed by atoms with Gasteiger partial charge in [-0.2, -0.15) is 30.0 Å². The molecule has 1 aliphatic rings. The zero-order chi connectivity index (χ0) is 96.8. The molecule has 0 aliphatic heterocycles. The lowest BCUT2D eigenvalue weighted by Crippen LogP contribution is -2.45. The monoisotopic (exact) mass is 1800 g/mol. The van der Waals surface area contributed by atoms with Crippen LogP contribution in [-0.2, 0) is 52.4 Å². The van der Waals surface area contributed by atoms with Crippen molar-refractivity contribution >= 4 is 107 Å². The van der Waals surface area contributed by atoms with Crippen molar-refractivity contribution in [2.45, 2.75) is 58.8 Å². The molecular weight excluding hydrogens is 1670 g/mol. The van der Waals surface area contributed by atoms with Gasteiger partial charge in [-0.25, -0.2) is 20.0 Å². The lowest BCUT2D eigenvalue weighted by atomic mass is 10.3. The van der Waals surface area contributed by atoms with Crippen molar-refractivity contribution in [3.63, 3.8) is 0 Å². The molecule has 0 unspecified atom stereocenters. The van der Waals surface area contributed by atoms with E-state index in [1.54, 1.807) is 202 Å². The minimum absolute atomic E-state index is 0.00496.